The number of ether oxygens (including phenoxy) is 3. The van der Waals surface area contributed by atoms with E-state index in [0.29, 0.717) is 44.9 Å². The summed E-state index contributed by atoms with van der Waals surface area (Å²) >= 11 is 2.13. The standard InChI is InChI=1S/C28H29N3O7S2/c1-7-12-38-18-11-10-17(13-19(18)36-8-2)21-20(22(32)24-14(4)29-16(6)39-24)23(33)26(34)31(21)28-30-15(5)25(40-28)27(35)37-9-3/h7,10-11,13,21,33H,1,8-9,12H2,2-6H3. The van der Waals surface area contributed by atoms with Gasteiger partial charge in [-0.25, -0.2) is 14.8 Å². The minimum absolute atomic E-state index is 0.121. The molecule has 40 heavy (non-hydrogen) atoms. The number of carbonyl (C=O) groups excluding carboxylic acids is 3. The van der Waals surface area contributed by atoms with Crippen molar-refractivity contribution in [1.29, 1.82) is 0 Å². The second kappa shape index (κ2) is 12.0. The lowest BCUT2D eigenvalue weighted by atomic mass is 9.95. The molecule has 12 heteroatoms. The third kappa shape index (κ3) is 5.36. The second-order valence-corrected chi connectivity index (χ2v) is 10.9. The molecule has 2 aromatic heterocycles. The summed E-state index contributed by atoms with van der Waals surface area (Å²) in [5.41, 5.74) is 1.21. The highest BCUT2D eigenvalue weighted by molar-refractivity contribution is 7.17. The number of amides is 1. The fraction of sp³-hybridized carbons (Fsp3) is 0.321. The number of aliphatic hydroxyl groups excluding tert-OH is 1. The predicted molar refractivity (Wildman–Crippen MR) is 152 cm³/mol. The van der Waals surface area contributed by atoms with E-state index in [1.54, 1.807) is 52.0 Å². The van der Waals surface area contributed by atoms with Crippen LogP contribution in [-0.2, 0) is 9.53 Å². The van der Waals surface area contributed by atoms with Crippen LogP contribution < -0.4 is 14.4 Å². The molecular formula is C28H29N3O7S2. The highest BCUT2D eigenvalue weighted by Crippen LogP contribution is 2.46. The molecule has 0 saturated heterocycles. The van der Waals surface area contributed by atoms with Gasteiger partial charge >= 0.3 is 5.97 Å². The molecule has 1 aliphatic heterocycles. The molecule has 1 unspecified atom stereocenters. The Bertz CT molecular complexity index is 1520. The number of hydrogen-bond acceptors (Lipinski definition) is 11. The summed E-state index contributed by atoms with van der Waals surface area (Å²) in [6.07, 6.45) is 1.60. The van der Waals surface area contributed by atoms with Gasteiger partial charge in [0.05, 0.1) is 46.1 Å². The smallest absolute Gasteiger partial charge is 0.350 e. The first kappa shape index (κ1) is 29.0. The molecule has 0 radical (unpaired) electrons. The first-order valence-corrected chi connectivity index (χ1v) is 14.2. The van der Waals surface area contributed by atoms with Gasteiger partial charge in [0.25, 0.3) is 5.91 Å². The Labute approximate surface area is 239 Å². The Morgan fingerprint density at radius 1 is 1.05 bits per heavy atom. The van der Waals surface area contributed by atoms with Crippen molar-refractivity contribution < 1.29 is 33.7 Å². The molecule has 1 aromatic carbocycles. The first-order chi connectivity index (χ1) is 19.1. The average Bonchev–Trinajstić information content (AvgIpc) is 3.55. The van der Waals surface area contributed by atoms with Crippen LogP contribution in [0.1, 0.15) is 61.2 Å². The molecule has 1 aliphatic rings. The number of Topliss-reactive ketones (excluding diaryl/α,β-unsaturated/α-hetero) is 1. The number of anilines is 1. The van der Waals surface area contributed by atoms with Crippen LogP contribution in [0.15, 0.2) is 42.2 Å². The number of hydrogen-bond donors (Lipinski definition) is 1. The SMILES string of the molecule is C=CCOc1ccc(C2C(C(=O)c3sc(C)nc3C)=C(O)C(=O)N2c2nc(C)c(C(=O)OCC)s2)cc1OCC. The van der Waals surface area contributed by atoms with Crippen LogP contribution >= 0.6 is 22.7 Å². The Kier molecular flexibility index (Phi) is 8.70. The minimum atomic E-state index is -1.07. The zero-order valence-electron chi connectivity index (χ0n) is 22.8. The molecule has 10 nitrogen and oxygen atoms in total. The zero-order valence-corrected chi connectivity index (χ0v) is 24.4. The second-order valence-electron chi connectivity index (χ2n) is 8.69. The quantitative estimate of drug-likeness (QED) is 0.178. The van der Waals surface area contributed by atoms with E-state index in [4.69, 9.17) is 14.2 Å². The largest absolute Gasteiger partial charge is 0.503 e. The van der Waals surface area contributed by atoms with E-state index in [9.17, 15) is 19.5 Å². The van der Waals surface area contributed by atoms with Crippen molar-refractivity contribution in [3.8, 4) is 11.5 Å². The molecule has 0 saturated carbocycles. The van der Waals surface area contributed by atoms with Crippen LogP contribution in [0.4, 0.5) is 5.13 Å². The summed E-state index contributed by atoms with van der Waals surface area (Å²) in [4.78, 5) is 50.6. The molecule has 3 heterocycles. The molecule has 1 N–H and O–H groups in total. The Balaban J connectivity index is 1.90. The van der Waals surface area contributed by atoms with Crippen molar-refractivity contribution in [3.05, 3.63) is 73.9 Å². The van der Waals surface area contributed by atoms with Gasteiger partial charge < -0.3 is 19.3 Å². The monoisotopic (exact) mass is 583 g/mol. The summed E-state index contributed by atoms with van der Waals surface area (Å²) in [6, 6.07) is 3.95. The highest BCUT2D eigenvalue weighted by Gasteiger charge is 2.47. The van der Waals surface area contributed by atoms with E-state index < -0.39 is 29.5 Å². The number of thiazole rings is 2. The van der Waals surface area contributed by atoms with Crippen molar-refractivity contribution in [1.82, 2.24) is 9.97 Å². The van der Waals surface area contributed by atoms with Crippen LogP contribution in [0.2, 0.25) is 0 Å². The van der Waals surface area contributed by atoms with Crippen LogP contribution in [0.3, 0.4) is 0 Å². The zero-order chi connectivity index (χ0) is 29.1. The number of aliphatic hydroxyl groups is 1. The van der Waals surface area contributed by atoms with Gasteiger partial charge in [-0.15, -0.1) is 11.3 Å². The number of aromatic nitrogens is 2. The number of ketones is 1. The summed E-state index contributed by atoms with van der Waals surface area (Å²) < 4.78 is 16.7. The van der Waals surface area contributed by atoms with Gasteiger partial charge in [-0.05, 0) is 52.3 Å². The van der Waals surface area contributed by atoms with Crippen molar-refractivity contribution in [2.75, 3.05) is 24.7 Å². The normalized spacial score (nSPS) is 15.0. The van der Waals surface area contributed by atoms with Crippen molar-refractivity contribution in [3.63, 3.8) is 0 Å². The first-order valence-electron chi connectivity index (χ1n) is 12.5. The number of carbonyl (C=O) groups is 3. The lowest BCUT2D eigenvalue weighted by Crippen LogP contribution is -2.31. The number of esters is 1. The molecule has 0 aliphatic carbocycles. The van der Waals surface area contributed by atoms with E-state index in [-0.39, 0.29) is 28.8 Å². The van der Waals surface area contributed by atoms with Crippen molar-refractivity contribution >= 4 is 45.5 Å². The van der Waals surface area contributed by atoms with Crippen LogP contribution in [0.25, 0.3) is 0 Å². The number of rotatable bonds is 11. The molecule has 1 amide bonds. The lowest BCUT2D eigenvalue weighted by molar-refractivity contribution is -0.117. The van der Waals surface area contributed by atoms with Crippen molar-refractivity contribution in [2.45, 2.75) is 40.7 Å². The van der Waals surface area contributed by atoms with E-state index in [1.165, 1.54) is 16.2 Å². The molecule has 1 atom stereocenters. The predicted octanol–water partition coefficient (Wildman–Crippen LogP) is 5.45. The van der Waals surface area contributed by atoms with E-state index in [2.05, 4.69) is 16.5 Å². The van der Waals surface area contributed by atoms with Gasteiger partial charge in [-0.1, -0.05) is 30.1 Å². The average molecular weight is 584 g/mol. The molecule has 3 aromatic rings. The molecule has 0 fully saturated rings. The number of nitrogens with zero attached hydrogens (tertiary/aromatic N) is 3. The Hall–Kier alpha value is -4.03. The fourth-order valence-corrected chi connectivity index (χ4v) is 6.18. The maximum Gasteiger partial charge on any atom is 0.350 e. The lowest BCUT2D eigenvalue weighted by Gasteiger charge is -2.25. The van der Waals surface area contributed by atoms with Crippen LogP contribution in [0, 0.1) is 20.8 Å². The molecular weight excluding hydrogens is 554 g/mol. The van der Waals surface area contributed by atoms with Crippen molar-refractivity contribution in [2.24, 2.45) is 0 Å². The molecule has 210 valence electrons. The van der Waals surface area contributed by atoms with Crippen LogP contribution in [-0.4, -0.2) is 52.6 Å². The summed E-state index contributed by atoms with van der Waals surface area (Å²) in [5.74, 6) is -1.77. The minimum Gasteiger partial charge on any atom is -0.503 e. The third-order valence-corrected chi connectivity index (χ3v) is 8.16. The molecule has 4 rings (SSSR count). The van der Waals surface area contributed by atoms with Gasteiger partial charge in [-0.2, -0.15) is 0 Å². The molecule has 0 bridgehead atoms. The summed E-state index contributed by atoms with van der Waals surface area (Å²) in [6.45, 7) is 13.0. The highest BCUT2D eigenvalue weighted by atomic mass is 32.1. The maximum absolute atomic E-state index is 13.9. The fourth-order valence-electron chi connectivity index (χ4n) is 4.32. The van der Waals surface area contributed by atoms with E-state index in [0.717, 1.165) is 11.3 Å². The van der Waals surface area contributed by atoms with E-state index in [1.807, 2.05) is 6.92 Å². The van der Waals surface area contributed by atoms with E-state index >= 15 is 0 Å². The summed E-state index contributed by atoms with van der Waals surface area (Å²) in [7, 11) is 0. The molecule has 0 spiro atoms. The Morgan fingerprint density at radius 2 is 1.77 bits per heavy atom. The van der Waals surface area contributed by atoms with Gasteiger partial charge in [0.1, 0.15) is 11.5 Å². The topological polar surface area (TPSA) is 128 Å². The van der Waals surface area contributed by atoms with Gasteiger partial charge in [0.2, 0.25) is 5.78 Å². The van der Waals surface area contributed by atoms with Gasteiger partial charge in [0, 0.05) is 0 Å². The number of aryl methyl sites for hydroxylation is 3. The number of benzene rings is 1. The van der Waals surface area contributed by atoms with Crippen LogP contribution in [0.5, 0.6) is 11.5 Å². The van der Waals surface area contributed by atoms with Gasteiger partial charge in [-0.3, -0.25) is 14.5 Å². The summed E-state index contributed by atoms with van der Waals surface area (Å²) in [5, 5.41) is 11.9. The third-order valence-electron chi connectivity index (χ3n) is 5.95. The Morgan fingerprint density at radius 3 is 2.40 bits per heavy atom. The van der Waals surface area contributed by atoms with Gasteiger partial charge in [0.15, 0.2) is 22.4 Å². The maximum atomic E-state index is 13.9.